The minimum atomic E-state index is -1.94. The number of carbonyl (C=O) groups is 2. The zero-order valence-corrected chi connectivity index (χ0v) is 18.3. The van der Waals surface area contributed by atoms with Crippen LogP contribution in [0.15, 0.2) is 66.7 Å². The van der Waals surface area contributed by atoms with Crippen molar-refractivity contribution in [2.45, 2.75) is 32.3 Å². The first-order valence-corrected chi connectivity index (χ1v) is 10.7. The van der Waals surface area contributed by atoms with Gasteiger partial charge in [-0.25, -0.2) is 0 Å². The second kappa shape index (κ2) is 8.29. The first-order chi connectivity index (χ1) is 14.8. The fourth-order valence-corrected chi connectivity index (χ4v) is 4.43. The number of anilines is 1. The van der Waals surface area contributed by atoms with Crippen LogP contribution in [-0.4, -0.2) is 23.3 Å². The topological polar surface area (TPSA) is 57.6 Å². The summed E-state index contributed by atoms with van der Waals surface area (Å²) in [5.41, 5.74) is 2.52. The Hall–Kier alpha value is -2.95. The Balaban J connectivity index is 1.66. The van der Waals surface area contributed by atoms with Crippen molar-refractivity contribution in [3.05, 3.63) is 99.6 Å². The van der Waals surface area contributed by atoms with Gasteiger partial charge in [0.05, 0.1) is 12.1 Å². The number of ketones is 1. The molecule has 0 unspecified atom stereocenters. The van der Waals surface area contributed by atoms with Gasteiger partial charge >= 0.3 is 0 Å². The average molecular weight is 434 g/mol. The van der Waals surface area contributed by atoms with Gasteiger partial charge in [0.2, 0.25) is 0 Å². The Labute approximate surface area is 187 Å². The van der Waals surface area contributed by atoms with Crippen molar-refractivity contribution in [1.29, 1.82) is 0 Å². The summed E-state index contributed by atoms with van der Waals surface area (Å²) in [6.45, 7) is 4.22. The molecule has 1 aliphatic rings. The molecule has 0 bridgehead atoms. The van der Waals surface area contributed by atoms with Crippen LogP contribution in [0, 0.1) is 13.8 Å². The van der Waals surface area contributed by atoms with E-state index in [4.69, 9.17) is 11.6 Å². The maximum Gasteiger partial charge on any atom is 0.264 e. The van der Waals surface area contributed by atoms with Crippen LogP contribution in [0.2, 0.25) is 5.02 Å². The molecule has 1 amide bonds. The van der Waals surface area contributed by atoms with Crippen molar-refractivity contribution in [3.63, 3.8) is 0 Å². The highest BCUT2D eigenvalue weighted by Gasteiger charge is 2.51. The van der Waals surface area contributed by atoms with E-state index < -0.39 is 11.5 Å². The number of amides is 1. The molecule has 0 spiro atoms. The molecule has 0 aliphatic carbocycles. The zero-order valence-electron chi connectivity index (χ0n) is 17.6. The summed E-state index contributed by atoms with van der Waals surface area (Å²) in [7, 11) is 0. The maximum atomic E-state index is 13.4. The van der Waals surface area contributed by atoms with Crippen LogP contribution < -0.4 is 4.90 Å². The largest absolute Gasteiger partial charge is 0.375 e. The first-order valence-electron chi connectivity index (χ1n) is 10.3. The van der Waals surface area contributed by atoms with Crippen LogP contribution in [0.25, 0.3) is 0 Å². The molecule has 1 heterocycles. The lowest BCUT2D eigenvalue weighted by Crippen LogP contribution is -2.42. The van der Waals surface area contributed by atoms with Crippen LogP contribution in [0.4, 0.5) is 5.69 Å². The molecule has 4 nitrogen and oxygen atoms in total. The lowest BCUT2D eigenvalue weighted by atomic mass is 9.87. The van der Waals surface area contributed by atoms with Crippen LogP contribution in [0.1, 0.15) is 39.0 Å². The van der Waals surface area contributed by atoms with Gasteiger partial charge in [-0.3, -0.25) is 9.59 Å². The van der Waals surface area contributed by atoms with Gasteiger partial charge in [-0.15, -0.1) is 0 Å². The normalized spacial score (nSPS) is 17.7. The van der Waals surface area contributed by atoms with Crippen LogP contribution in [0.3, 0.4) is 0 Å². The molecule has 0 fully saturated rings. The van der Waals surface area contributed by atoms with Crippen LogP contribution in [-0.2, 0) is 16.8 Å². The number of rotatable bonds is 6. The van der Waals surface area contributed by atoms with Crippen LogP contribution in [0.5, 0.6) is 0 Å². The molecule has 0 aromatic heterocycles. The third-order valence-corrected chi connectivity index (χ3v) is 6.09. The van der Waals surface area contributed by atoms with E-state index in [9.17, 15) is 14.7 Å². The quantitative estimate of drug-likeness (QED) is 0.556. The third-order valence-electron chi connectivity index (χ3n) is 5.86. The highest BCUT2D eigenvalue weighted by atomic mass is 35.5. The molecule has 5 heteroatoms. The molecular weight excluding hydrogens is 410 g/mol. The molecule has 1 atom stereocenters. The number of aliphatic hydroxyl groups is 1. The van der Waals surface area contributed by atoms with E-state index in [2.05, 4.69) is 0 Å². The average Bonchev–Trinajstić information content (AvgIpc) is 2.93. The summed E-state index contributed by atoms with van der Waals surface area (Å²) < 4.78 is 0. The van der Waals surface area contributed by atoms with Gasteiger partial charge in [0.1, 0.15) is 0 Å². The number of carbonyl (C=O) groups excluding carboxylic acids is 2. The highest BCUT2D eigenvalue weighted by Crippen LogP contribution is 2.44. The second-order valence-corrected chi connectivity index (χ2v) is 8.57. The van der Waals surface area contributed by atoms with E-state index >= 15 is 0 Å². The smallest absolute Gasteiger partial charge is 0.264 e. The van der Waals surface area contributed by atoms with E-state index in [1.165, 1.54) is 0 Å². The summed E-state index contributed by atoms with van der Waals surface area (Å²) in [4.78, 5) is 28.1. The lowest BCUT2D eigenvalue weighted by Gasteiger charge is -2.23. The number of hydrogen-bond donors (Lipinski definition) is 1. The maximum absolute atomic E-state index is 13.4. The van der Waals surface area contributed by atoms with Gasteiger partial charge in [0.15, 0.2) is 11.4 Å². The fourth-order valence-electron chi connectivity index (χ4n) is 4.26. The number of fused-ring (bicyclic) bond motifs is 1. The first kappa shape index (κ1) is 21.3. The van der Waals surface area contributed by atoms with Crippen molar-refractivity contribution in [2.75, 3.05) is 11.4 Å². The Bertz CT molecular complexity index is 1160. The molecule has 3 aromatic rings. The van der Waals surface area contributed by atoms with Gasteiger partial charge in [-0.1, -0.05) is 65.7 Å². The van der Waals surface area contributed by atoms with Crippen molar-refractivity contribution < 1.29 is 14.7 Å². The summed E-state index contributed by atoms with van der Waals surface area (Å²) in [6.07, 6.45) is 0.306. The monoisotopic (exact) mass is 433 g/mol. The van der Waals surface area contributed by atoms with E-state index in [0.29, 0.717) is 34.8 Å². The van der Waals surface area contributed by atoms with Crippen LogP contribution >= 0.6 is 11.6 Å². The van der Waals surface area contributed by atoms with E-state index in [1.807, 2.05) is 56.3 Å². The molecule has 0 saturated heterocycles. The molecule has 3 aromatic carbocycles. The summed E-state index contributed by atoms with van der Waals surface area (Å²) in [5.74, 6) is -0.761. The van der Waals surface area contributed by atoms with Crippen molar-refractivity contribution in [2.24, 2.45) is 0 Å². The fraction of sp³-hybridized carbons (Fsp3) is 0.231. The Morgan fingerprint density at radius 1 is 1.03 bits per heavy atom. The van der Waals surface area contributed by atoms with Gasteiger partial charge in [0, 0.05) is 22.7 Å². The Kier molecular flexibility index (Phi) is 5.69. The molecule has 31 heavy (non-hydrogen) atoms. The number of benzene rings is 3. The minimum Gasteiger partial charge on any atom is -0.375 e. The Morgan fingerprint density at radius 3 is 2.48 bits per heavy atom. The molecule has 0 radical (unpaired) electrons. The van der Waals surface area contributed by atoms with Gasteiger partial charge in [-0.2, -0.15) is 0 Å². The lowest BCUT2D eigenvalue weighted by molar-refractivity contribution is -0.135. The van der Waals surface area contributed by atoms with Crippen molar-refractivity contribution in [3.8, 4) is 0 Å². The molecule has 0 saturated carbocycles. The van der Waals surface area contributed by atoms with E-state index in [1.54, 1.807) is 29.2 Å². The SMILES string of the molecule is Cc1ccc(C(=O)C[C@@]2(O)C(=O)N(CCc3ccccc3)c3ccc(Cl)cc32)c(C)c1. The third kappa shape index (κ3) is 4.01. The highest BCUT2D eigenvalue weighted by molar-refractivity contribution is 6.31. The van der Waals surface area contributed by atoms with Gasteiger partial charge in [-0.05, 0) is 49.6 Å². The van der Waals surface area contributed by atoms with Crippen molar-refractivity contribution >= 4 is 29.0 Å². The van der Waals surface area contributed by atoms with Gasteiger partial charge in [0.25, 0.3) is 5.91 Å². The molecular formula is C26H24ClNO3. The number of halogens is 1. The summed E-state index contributed by atoms with van der Waals surface area (Å²) >= 11 is 6.19. The number of hydrogen-bond acceptors (Lipinski definition) is 3. The summed E-state index contributed by atoms with van der Waals surface area (Å²) in [5, 5.41) is 11.9. The van der Waals surface area contributed by atoms with Crippen molar-refractivity contribution in [1.82, 2.24) is 0 Å². The zero-order chi connectivity index (χ0) is 22.2. The number of aryl methyl sites for hydroxylation is 2. The molecule has 158 valence electrons. The van der Waals surface area contributed by atoms with Gasteiger partial charge < -0.3 is 10.0 Å². The predicted molar refractivity (Wildman–Crippen MR) is 123 cm³/mol. The summed E-state index contributed by atoms with van der Waals surface area (Å²) in [6, 6.07) is 20.4. The number of nitrogens with zero attached hydrogens (tertiary/aromatic N) is 1. The molecule has 1 aliphatic heterocycles. The van der Waals surface area contributed by atoms with E-state index in [0.717, 1.165) is 16.7 Å². The van der Waals surface area contributed by atoms with E-state index in [-0.39, 0.29) is 12.2 Å². The predicted octanol–water partition coefficient (Wildman–Crippen LogP) is 5.01. The Morgan fingerprint density at radius 2 is 1.77 bits per heavy atom. The standard InChI is InChI=1S/C26H24ClNO3/c1-17-8-10-21(18(2)14-17)24(29)16-26(31)22-15-20(27)9-11-23(22)28(25(26)30)13-12-19-6-4-3-5-7-19/h3-11,14-15,31H,12-13,16H2,1-2H3/t26-/m0/s1. The molecule has 1 N–H and O–H groups in total. The molecule has 4 rings (SSSR count). The second-order valence-electron chi connectivity index (χ2n) is 8.13. The minimum absolute atomic E-state index is 0.274. The number of Topliss-reactive ketones (excluding diaryl/α,β-unsaturated/α-hetero) is 1.